The number of rotatable bonds is 3. The van der Waals surface area contributed by atoms with Gasteiger partial charge in [0, 0.05) is 6.54 Å². The van der Waals surface area contributed by atoms with E-state index in [0.29, 0.717) is 11.6 Å². The molecule has 1 aromatic rings. The van der Waals surface area contributed by atoms with Gasteiger partial charge in [-0.1, -0.05) is 5.21 Å². The van der Waals surface area contributed by atoms with Gasteiger partial charge in [-0.25, -0.2) is 0 Å². The number of nitrogens with zero attached hydrogens (tertiary/aromatic N) is 3. The van der Waals surface area contributed by atoms with Crippen LogP contribution in [0.5, 0.6) is 0 Å². The van der Waals surface area contributed by atoms with Crippen molar-refractivity contribution < 1.29 is 5.11 Å². The van der Waals surface area contributed by atoms with Crippen LogP contribution in [0.15, 0.2) is 6.20 Å². The Kier molecular flexibility index (Phi) is 5.01. The maximum absolute atomic E-state index is 8.83. The largest absolute Gasteiger partial charge is 0.390 e. The second kappa shape index (κ2) is 6.05. The molecule has 2 N–H and O–H groups in total. The lowest BCUT2D eigenvalue weighted by molar-refractivity contribution is 0.276. The molecule has 5 nitrogen and oxygen atoms in total. The molecule has 1 atom stereocenters. The van der Waals surface area contributed by atoms with Crippen molar-refractivity contribution in [2.45, 2.75) is 26.0 Å². The Morgan fingerprint density at radius 2 is 2.47 bits per heavy atom. The van der Waals surface area contributed by atoms with Crippen molar-refractivity contribution in [2.24, 2.45) is 5.92 Å². The van der Waals surface area contributed by atoms with Gasteiger partial charge < -0.3 is 10.4 Å². The highest BCUT2D eigenvalue weighted by atomic mass is 35.5. The molecule has 6 heteroatoms. The zero-order chi connectivity index (χ0) is 9.80. The van der Waals surface area contributed by atoms with Crippen LogP contribution in [0.3, 0.4) is 0 Å². The van der Waals surface area contributed by atoms with Crippen molar-refractivity contribution in [2.75, 3.05) is 13.1 Å². The molecule has 0 aromatic carbocycles. The average Bonchev–Trinajstić information content (AvgIpc) is 2.67. The average molecular weight is 233 g/mol. The van der Waals surface area contributed by atoms with Crippen LogP contribution in [0.25, 0.3) is 0 Å². The first kappa shape index (κ1) is 12.4. The normalized spacial score (nSPS) is 21.0. The fourth-order valence-corrected chi connectivity index (χ4v) is 1.84. The minimum Gasteiger partial charge on any atom is -0.390 e. The third kappa shape index (κ3) is 3.44. The molecule has 2 rings (SSSR count). The molecule has 0 aliphatic carbocycles. The predicted molar refractivity (Wildman–Crippen MR) is 58.8 cm³/mol. The Labute approximate surface area is 95.3 Å². The molecule has 0 radical (unpaired) electrons. The summed E-state index contributed by atoms with van der Waals surface area (Å²) in [7, 11) is 0. The van der Waals surface area contributed by atoms with Crippen LogP contribution in [0, 0.1) is 5.92 Å². The summed E-state index contributed by atoms with van der Waals surface area (Å²) < 4.78 is 1.82. The molecular formula is C9H17ClN4O. The van der Waals surface area contributed by atoms with Crippen molar-refractivity contribution >= 4 is 12.4 Å². The number of hydrogen-bond donors (Lipinski definition) is 2. The van der Waals surface area contributed by atoms with E-state index in [9.17, 15) is 0 Å². The SMILES string of the molecule is Cl.OCc1cn(CC2CCCNC2)nn1. The molecule has 1 aliphatic rings. The van der Waals surface area contributed by atoms with Gasteiger partial charge in [-0.3, -0.25) is 4.68 Å². The zero-order valence-corrected chi connectivity index (χ0v) is 9.41. The third-order valence-electron chi connectivity index (χ3n) is 2.59. The lowest BCUT2D eigenvalue weighted by Gasteiger charge is -2.22. The molecule has 1 unspecified atom stereocenters. The van der Waals surface area contributed by atoms with E-state index in [0.717, 1.165) is 19.6 Å². The number of aliphatic hydroxyl groups excluding tert-OH is 1. The Morgan fingerprint density at radius 1 is 1.60 bits per heavy atom. The Hall–Kier alpha value is -0.650. The molecule has 15 heavy (non-hydrogen) atoms. The minimum atomic E-state index is -0.0249. The number of aliphatic hydroxyl groups is 1. The molecule has 0 bridgehead atoms. The van der Waals surface area contributed by atoms with Crippen LogP contribution in [0.1, 0.15) is 18.5 Å². The molecule has 86 valence electrons. The summed E-state index contributed by atoms with van der Waals surface area (Å²) >= 11 is 0. The zero-order valence-electron chi connectivity index (χ0n) is 8.59. The van der Waals surface area contributed by atoms with Gasteiger partial charge in [0.1, 0.15) is 5.69 Å². The molecule has 2 heterocycles. The molecule has 1 aliphatic heterocycles. The smallest absolute Gasteiger partial charge is 0.108 e. The first-order chi connectivity index (χ1) is 6.88. The van der Waals surface area contributed by atoms with Crippen molar-refractivity contribution in [3.63, 3.8) is 0 Å². The van der Waals surface area contributed by atoms with Gasteiger partial charge in [0.05, 0.1) is 12.8 Å². The topological polar surface area (TPSA) is 63.0 Å². The van der Waals surface area contributed by atoms with E-state index < -0.39 is 0 Å². The van der Waals surface area contributed by atoms with Crippen LogP contribution in [0.4, 0.5) is 0 Å². The van der Waals surface area contributed by atoms with Crippen molar-refractivity contribution in [1.82, 2.24) is 20.3 Å². The summed E-state index contributed by atoms with van der Waals surface area (Å²) in [5.74, 6) is 0.650. The van der Waals surface area contributed by atoms with E-state index in [1.165, 1.54) is 12.8 Å². The van der Waals surface area contributed by atoms with E-state index in [1.54, 1.807) is 0 Å². The summed E-state index contributed by atoms with van der Waals surface area (Å²) in [6, 6.07) is 0. The highest BCUT2D eigenvalue weighted by Gasteiger charge is 2.13. The Morgan fingerprint density at radius 3 is 3.07 bits per heavy atom. The first-order valence-electron chi connectivity index (χ1n) is 5.09. The van der Waals surface area contributed by atoms with Gasteiger partial charge in [-0.05, 0) is 31.8 Å². The molecular weight excluding hydrogens is 216 g/mol. The van der Waals surface area contributed by atoms with Gasteiger partial charge in [-0.2, -0.15) is 0 Å². The summed E-state index contributed by atoms with van der Waals surface area (Å²) in [6.07, 6.45) is 4.31. The molecule has 1 saturated heterocycles. The van der Waals surface area contributed by atoms with Crippen LogP contribution in [0.2, 0.25) is 0 Å². The summed E-state index contributed by atoms with van der Waals surface area (Å²) in [5.41, 5.74) is 0.647. The van der Waals surface area contributed by atoms with Crippen molar-refractivity contribution in [3.05, 3.63) is 11.9 Å². The van der Waals surface area contributed by atoms with Crippen molar-refractivity contribution in [1.29, 1.82) is 0 Å². The molecule has 0 amide bonds. The van der Waals surface area contributed by atoms with E-state index in [-0.39, 0.29) is 19.0 Å². The van der Waals surface area contributed by atoms with Gasteiger partial charge in [0.2, 0.25) is 0 Å². The van der Waals surface area contributed by atoms with E-state index in [4.69, 9.17) is 5.11 Å². The fourth-order valence-electron chi connectivity index (χ4n) is 1.84. The van der Waals surface area contributed by atoms with Gasteiger partial charge >= 0.3 is 0 Å². The van der Waals surface area contributed by atoms with Gasteiger partial charge in [0.15, 0.2) is 0 Å². The maximum atomic E-state index is 8.83. The summed E-state index contributed by atoms with van der Waals surface area (Å²) in [4.78, 5) is 0. The number of piperidine rings is 1. The lowest BCUT2D eigenvalue weighted by atomic mass is 10.00. The molecule has 0 saturated carbocycles. The number of nitrogens with one attached hydrogen (secondary N) is 1. The fraction of sp³-hybridized carbons (Fsp3) is 0.778. The quantitative estimate of drug-likeness (QED) is 0.781. The Balaban J connectivity index is 0.00000112. The standard InChI is InChI=1S/C9H16N4O.ClH/c14-7-9-6-13(12-11-9)5-8-2-1-3-10-4-8;/h6,8,10,14H,1-5,7H2;1H. The molecule has 1 fully saturated rings. The van der Waals surface area contributed by atoms with Crippen molar-refractivity contribution in [3.8, 4) is 0 Å². The highest BCUT2D eigenvalue weighted by molar-refractivity contribution is 5.85. The lowest BCUT2D eigenvalue weighted by Crippen LogP contribution is -2.32. The number of halogens is 1. The highest BCUT2D eigenvalue weighted by Crippen LogP contribution is 2.11. The second-order valence-corrected chi connectivity index (χ2v) is 3.80. The van der Waals surface area contributed by atoms with Crippen LogP contribution in [-0.4, -0.2) is 33.2 Å². The van der Waals surface area contributed by atoms with Gasteiger partial charge in [0.25, 0.3) is 0 Å². The summed E-state index contributed by atoms with van der Waals surface area (Å²) in [6.45, 7) is 3.08. The number of hydrogen-bond acceptors (Lipinski definition) is 4. The predicted octanol–water partition coefficient (Wildman–Crippen LogP) is 0.192. The Bertz CT molecular complexity index is 285. The second-order valence-electron chi connectivity index (χ2n) is 3.80. The third-order valence-corrected chi connectivity index (χ3v) is 2.59. The molecule has 1 aromatic heterocycles. The summed E-state index contributed by atoms with van der Waals surface area (Å²) in [5, 5.41) is 20.0. The minimum absolute atomic E-state index is 0. The van der Waals surface area contributed by atoms with E-state index in [1.807, 2.05) is 10.9 Å². The van der Waals surface area contributed by atoms with Crippen LogP contribution >= 0.6 is 12.4 Å². The van der Waals surface area contributed by atoms with E-state index >= 15 is 0 Å². The number of aromatic nitrogens is 3. The van der Waals surface area contributed by atoms with Crippen LogP contribution in [-0.2, 0) is 13.2 Å². The molecule has 0 spiro atoms. The van der Waals surface area contributed by atoms with E-state index in [2.05, 4.69) is 15.6 Å². The van der Waals surface area contributed by atoms with Crippen LogP contribution < -0.4 is 5.32 Å². The monoisotopic (exact) mass is 232 g/mol. The maximum Gasteiger partial charge on any atom is 0.108 e. The first-order valence-corrected chi connectivity index (χ1v) is 5.09. The van der Waals surface area contributed by atoms with Gasteiger partial charge in [-0.15, -0.1) is 17.5 Å².